The van der Waals surface area contributed by atoms with Crippen LogP contribution in [0.1, 0.15) is 168 Å². The van der Waals surface area contributed by atoms with E-state index in [0.717, 1.165) is 23.9 Å². The van der Waals surface area contributed by atoms with Crippen LogP contribution in [0.3, 0.4) is 0 Å². The molecule has 0 spiro atoms. The highest BCUT2D eigenvalue weighted by molar-refractivity contribution is 7.53. The lowest BCUT2D eigenvalue weighted by atomic mass is 10.1. The third kappa shape index (κ3) is 29.1. The molecule has 0 rings (SSSR count). The molecule has 0 radical (unpaired) electrons. The molecule has 0 N–H and O–H groups in total. The van der Waals surface area contributed by atoms with E-state index in [9.17, 15) is 4.57 Å². The Morgan fingerprint density at radius 2 is 0.711 bits per heavy atom. The van der Waals surface area contributed by atoms with Crippen molar-refractivity contribution in [2.75, 3.05) is 47.1 Å². The maximum Gasteiger partial charge on any atom is 0.336 e. The summed E-state index contributed by atoms with van der Waals surface area (Å²) in [6, 6.07) is 0. The maximum atomic E-state index is 13.4. The fourth-order valence-corrected chi connectivity index (χ4v) is 6.87. The van der Waals surface area contributed by atoms with Crippen molar-refractivity contribution in [3.8, 4) is 0 Å². The summed E-state index contributed by atoms with van der Waals surface area (Å²) < 4.78 is 26.1. The summed E-state index contributed by atoms with van der Waals surface area (Å²) in [5.74, 6) is 0. The summed E-state index contributed by atoms with van der Waals surface area (Å²) in [5.41, 5.74) is 0. The second kappa shape index (κ2) is 27.3. The molecule has 0 aromatic heterocycles. The smallest absolute Gasteiger partial charge is 0.330 e. The van der Waals surface area contributed by atoms with Crippen LogP contribution in [0.5, 0.6) is 0 Å². The fraction of sp³-hybridized carbons (Fsp3) is 1.00. The molecule has 0 bridgehead atoms. The maximum absolute atomic E-state index is 13.4. The third-order valence-electron chi connectivity index (χ3n) is 7.62. The van der Waals surface area contributed by atoms with Gasteiger partial charge in [0.2, 0.25) is 0 Å². The van der Waals surface area contributed by atoms with E-state index in [4.69, 9.17) is 9.05 Å². The van der Waals surface area contributed by atoms with Crippen molar-refractivity contribution in [1.29, 1.82) is 0 Å². The molecule has 230 valence electrons. The molecule has 0 fully saturated rings. The molecule has 0 unspecified atom stereocenters. The van der Waals surface area contributed by atoms with Gasteiger partial charge in [0.15, 0.2) is 0 Å². The first-order valence-corrected chi connectivity index (χ1v) is 18.7. The predicted molar refractivity (Wildman–Crippen MR) is 169 cm³/mol. The van der Waals surface area contributed by atoms with E-state index in [1.165, 1.54) is 141 Å². The molecular formula is C33H71NO3P+. The zero-order valence-corrected chi connectivity index (χ0v) is 27.8. The van der Waals surface area contributed by atoms with Gasteiger partial charge in [-0.3, -0.25) is 4.57 Å². The SMILES string of the molecule is CCCCCCCCCCCCCCOP(=O)(CC[N+](C)(C)C)OCCCCCCCCCCCCCC. The third-order valence-corrected chi connectivity index (χ3v) is 9.52. The first-order chi connectivity index (χ1) is 18.3. The van der Waals surface area contributed by atoms with Crippen molar-refractivity contribution in [3.63, 3.8) is 0 Å². The van der Waals surface area contributed by atoms with Crippen LogP contribution in [0.2, 0.25) is 0 Å². The van der Waals surface area contributed by atoms with E-state index in [1.807, 2.05) is 0 Å². The molecule has 0 aliphatic carbocycles. The monoisotopic (exact) mass is 561 g/mol. The zero-order valence-electron chi connectivity index (χ0n) is 26.9. The molecule has 0 amide bonds. The molecule has 0 aromatic carbocycles. The summed E-state index contributed by atoms with van der Waals surface area (Å²) in [4.78, 5) is 0. The average molecular weight is 561 g/mol. The minimum absolute atomic E-state index is 0.521. The molecule has 5 heteroatoms. The first kappa shape index (κ1) is 38.1. The number of hydrogen-bond acceptors (Lipinski definition) is 3. The second-order valence-electron chi connectivity index (χ2n) is 12.8. The number of hydrogen-bond donors (Lipinski definition) is 0. The Morgan fingerprint density at radius 3 is 0.974 bits per heavy atom. The quantitative estimate of drug-likeness (QED) is 0.0480. The number of rotatable bonds is 31. The standard InChI is InChI=1S/C33H71NO3P/c1-6-8-10-12-14-16-18-20-22-24-26-28-31-36-38(35,33-30-34(3,4)5)37-32-29-27-25-23-21-19-17-15-13-11-9-7-2/h6-33H2,1-5H3/q+1. The van der Waals surface area contributed by atoms with Gasteiger partial charge in [0.25, 0.3) is 0 Å². The molecule has 0 aromatic rings. The van der Waals surface area contributed by atoms with Gasteiger partial charge in [-0.25, -0.2) is 0 Å². The van der Waals surface area contributed by atoms with Crippen molar-refractivity contribution in [2.45, 2.75) is 168 Å². The highest BCUT2D eigenvalue weighted by Crippen LogP contribution is 2.48. The summed E-state index contributed by atoms with van der Waals surface area (Å²) in [6.07, 6.45) is 32.3. The Labute approximate surface area is 240 Å². The minimum Gasteiger partial charge on any atom is -0.330 e. The Bertz CT molecular complexity index is 487. The minimum atomic E-state index is -3.00. The van der Waals surface area contributed by atoms with Crippen LogP contribution in [0.4, 0.5) is 0 Å². The fourth-order valence-electron chi connectivity index (χ4n) is 4.88. The van der Waals surface area contributed by atoms with Crippen molar-refractivity contribution >= 4 is 7.60 Å². The van der Waals surface area contributed by atoms with Gasteiger partial charge in [0.1, 0.15) is 0 Å². The summed E-state index contributed by atoms with van der Waals surface area (Å²) in [5, 5.41) is 0. The van der Waals surface area contributed by atoms with Crippen LogP contribution in [-0.4, -0.2) is 51.5 Å². The van der Waals surface area contributed by atoms with Crippen molar-refractivity contribution < 1.29 is 18.1 Å². The first-order valence-electron chi connectivity index (χ1n) is 17.0. The molecule has 0 atom stereocenters. The number of quaternary nitrogens is 1. The molecule has 0 aliphatic rings. The Hall–Kier alpha value is 0.110. The van der Waals surface area contributed by atoms with Gasteiger partial charge in [-0.2, -0.15) is 0 Å². The van der Waals surface area contributed by atoms with E-state index in [2.05, 4.69) is 35.0 Å². The summed E-state index contributed by atoms with van der Waals surface area (Å²) >= 11 is 0. The lowest BCUT2D eigenvalue weighted by molar-refractivity contribution is -0.867. The Kier molecular flexibility index (Phi) is 27.4. The van der Waals surface area contributed by atoms with Crippen LogP contribution in [-0.2, 0) is 13.6 Å². The van der Waals surface area contributed by atoms with Gasteiger partial charge in [0.05, 0.1) is 47.1 Å². The normalized spacial score (nSPS) is 12.4. The van der Waals surface area contributed by atoms with Gasteiger partial charge in [-0.05, 0) is 12.8 Å². The average Bonchev–Trinajstić information content (AvgIpc) is 2.88. The van der Waals surface area contributed by atoms with Crippen molar-refractivity contribution in [2.24, 2.45) is 0 Å². The molecule has 0 saturated heterocycles. The van der Waals surface area contributed by atoms with Gasteiger partial charge in [-0.1, -0.05) is 155 Å². The second-order valence-corrected chi connectivity index (χ2v) is 15.0. The van der Waals surface area contributed by atoms with E-state index >= 15 is 0 Å². The molecule has 0 heterocycles. The molecular weight excluding hydrogens is 489 g/mol. The van der Waals surface area contributed by atoms with E-state index < -0.39 is 7.60 Å². The van der Waals surface area contributed by atoms with Crippen molar-refractivity contribution in [3.05, 3.63) is 0 Å². The van der Waals surface area contributed by atoms with Crippen LogP contribution in [0.25, 0.3) is 0 Å². The van der Waals surface area contributed by atoms with Gasteiger partial charge < -0.3 is 13.5 Å². The van der Waals surface area contributed by atoms with Crippen molar-refractivity contribution in [1.82, 2.24) is 0 Å². The predicted octanol–water partition coefficient (Wildman–Crippen LogP) is 11.3. The number of nitrogens with zero attached hydrogens (tertiary/aromatic N) is 1. The molecule has 0 aliphatic heterocycles. The largest absolute Gasteiger partial charge is 0.336 e. The van der Waals surface area contributed by atoms with Crippen LogP contribution in [0, 0.1) is 0 Å². The Morgan fingerprint density at radius 1 is 0.447 bits per heavy atom. The number of unbranched alkanes of at least 4 members (excludes halogenated alkanes) is 22. The zero-order chi connectivity index (χ0) is 28.2. The van der Waals surface area contributed by atoms with Crippen LogP contribution >= 0.6 is 7.60 Å². The lowest BCUT2D eigenvalue weighted by Gasteiger charge is -2.26. The molecule has 0 saturated carbocycles. The topological polar surface area (TPSA) is 35.5 Å². The van der Waals surface area contributed by atoms with E-state index in [0.29, 0.717) is 19.4 Å². The lowest BCUT2D eigenvalue weighted by Crippen LogP contribution is -2.37. The molecule has 4 nitrogen and oxygen atoms in total. The van der Waals surface area contributed by atoms with E-state index in [1.54, 1.807) is 0 Å². The van der Waals surface area contributed by atoms with E-state index in [-0.39, 0.29) is 0 Å². The van der Waals surface area contributed by atoms with Gasteiger partial charge in [0, 0.05) is 0 Å². The highest BCUT2D eigenvalue weighted by atomic mass is 31.2. The van der Waals surface area contributed by atoms with Crippen LogP contribution < -0.4 is 0 Å². The molecule has 38 heavy (non-hydrogen) atoms. The van der Waals surface area contributed by atoms with Gasteiger partial charge in [-0.15, -0.1) is 0 Å². The van der Waals surface area contributed by atoms with Gasteiger partial charge >= 0.3 is 7.60 Å². The van der Waals surface area contributed by atoms with Crippen LogP contribution in [0.15, 0.2) is 0 Å². The highest BCUT2D eigenvalue weighted by Gasteiger charge is 2.27. The Balaban J connectivity index is 3.87. The summed E-state index contributed by atoms with van der Waals surface area (Å²) in [6.45, 7) is 6.52. The summed E-state index contributed by atoms with van der Waals surface area (Å²) in [7, 11) is 3.42.